The fourth-order valence-electron chi connectivity index (χ4n) is 4.82. The molecule has 0 fully saturated rings. The monoisotopic (exact) mass is 503 g/mol. The van der Waals surface area contributed by atoms with Crippen molar-refractivity contribution in [3.05, 3.63) is 79.4 Å². The SMILES string of the molecule is Cc1ccc(NC(=O)CSc2nc3sc4c(c3c(=O)n2-c2ccc(C)cc2C)CCCC4)c(C)c1. The van der Waals surface area contributed by atoms with Gasteiger partial charge in [0.2, 0.25) is 5.91 Å². The summed E-state index contributed by atoms with van der Waals surface area (Å²) in [7, 11) is 0. The second-order valence-corrected chi connectivity index (χ2v) is 11.4. The highest BCUT2D eigenvalue weighted by atomic mass is 32.2. The summed E-state index contributed by atoms with van der Waals surface area (Å²) in [6.45, 7) is 8.08. The number of amides is 1. The highest BCUT2D eigenvalue weighted by Gasteiger charge is 2.24. The second kappa shape index (κ2) is 9.63. The fraction of sp³-hybridized carbons (Fsp3) is 0.321. The lowest BCUT2D eigenvalue weighted by Gasteiger charge is -2.16. The van der Waals surface area contributed by atoms with Gasteiger partial charge < -0.3 is 5.32 Å². The number of thiophene rings is 1. The molecule has 0 bridgehead atoms. The Hall–Kier alpha value is -2.90. The summed E-state index contributed by atoms with van der Waals surface area (Å²) in [6, 6.07) is 12.0. The molecule has 0 unspecified atom stereocenters. The van der Waals surface area contributed by atoms with Gasteiger partial charge in [0.05, 0.1) is 16.8 Å². The van der Waals surface area contributed by atoms with E-state index in [0.717, 1.165) is 69.5 Å². The average molecular weight is 504 g/mol. The number of hydrogen-bond donors (Lipinski definition) is 1. The fourth-order valence-corrected chi connectivity index (χ4v) is 6.93. The van der Waals surface area contributed by atoms with Gasteiger partial charge in [-0.05, 0) is 82.2 Å². The van der Waals surface area contributed by atoms with Crippen LogP contribution in [0.25, 0.3) is 15.9 Å². The highest BCUT2D eigenvalue weighted by Crippen LogP contribution is 2.35. The maximum atomic E-state index is 13.9. The van der Waals surface area contributed by atoms with E-state index >= 15 is 0 Å². The molecule has 0 saturated carbocycles. The summed E-state index contributed by atoms with van der Waals surface area (Å²) in [4.78, 5) is 33.8. The topological polar surface area (TPSA) is 64.0 Å². The third kappa shape index (κ3) is 4.67. The first-order valence-corrected chi connectivity index (χ1v) is 13.8. The van der Waals surface area contributed by atoms with E-state index in [4.69, 9.17) is 4.98 Å². The molecule has 35 heavy (non-hydrogen) atoms. The van der Waals surface area contributed by atoms with Gasteiger partial charge in [0.25, 0.3) is 5.56 Å². The lowest BCUT2D eigenvalue weighted by Crippen LogP contribution is -2.24. The number of fused-ring (bicyclic) bond motifs is 3. The van der Waals surface area contributed by atoms with Gasteiger partial charge in [-0.15, -0.1) is 11.3 Å². The van der Waals surface area contributed by atoms with Crippen molar-refractivity contribution in [3.8, 4) is 5.69 Å². The maximum absolute atomic E-state index is 13.9. The van der Waals surface area contributed by atoms with Crippen LogP contribution in [0.2, 0.25) is 0 Å². The molecule has 5 rings (SSSR count). The lowest BCUT2D eigenvalue weighted by atomic mass is 9.97. The van der Waals surface area contributed by atoms with E-state index in [0.29, 0.717) is 5.16 Å². The quantitative estimate of drug-likeness (QED) is 0.257. The Balaban J connectivity index is 1.54. The molecule has 1 aliphatic carbocycles. The van der Waals surface area contributed by atoms with Gasteiger partial charge in [0.15, 0.2) is 5.16 Å². The molecule has 2 heterocycles. The van der Waals surface area contributed by atoms with Crippen LogP contribution in [0.5, 0.6) is 0 Å². The van der Waals surface area contributed by atoms with Gasteiger partial charge in [-0.25, -0.2) is 4.98 Å². The Bertz CT molecular complexity index is 1520. The molecule has 1 amide bonds. The molecule has 1 N–H and O–H groups in total. The first kappa shape index (κ1) is 23.8. The van der Waals surface area contributed by atoms with Crippen molar-refractivity contribution in [3.63, 3.8) is 0 Å². The number of hydrogen-bond acceptors (Lipinski definition) is 5. The highest BCUT2D eigenvalue weighted by molar-refractivity contribution is 7.99. The Morgan fingerprint density at radius 2 is 1.74 bits per heavy atom. The van der Waals surface area contributed by atoms with E-state index in [9.17, 15) is 9.59 Å². The van der Waals surface area contributed by atoms with Crippen LogP contribution in [0, 0.1) is 27.7 Å². The van der Waals surface area contributed by atoms with Gasteiger partial charge >= 0.3 is 0 Å². The Kier molecular flexibility index (Phi) is 6.55. The molecule has 0 aliphatic heterocycles. The first-order chi connectivity index (χ1) is 16.8. The number of nitrogens with one attached hydrogen (secondary N) is 1. The van der Waals surface area contributed by atoms with E-state index < -0.39 is 0 Å². The van der Waals surface area contributed by atoms with Gasteiger partial charge in [0, 0.05) is 10.6 Å². The van der Waals surface area contributed by atoms with Gasteiger partial charge in [0.1, 0.15) is 4.83 Å². The minimum absolute atomic E-state index is 0.0290. The first-order valence-electron chi connectivity index (χ1n) is 12.0. The summed E-state index contributed by atoms with van der Waals surface area (Å²) in [5, 5.41) is 4.32. The van der Waals surface area contributed by atoms with E-state index in [-0.39, 0.29) is 17.2 Å². The van der Waals surface area contributed by atoms with E-state index in [1.165, 1.54) is 22.2 Å². The predicted octanol–water partition coefficient (Wildman–Crippen LogP) is 6.29. The lowest BCUT2D eigenvalue weighted by molar-refractivity contribution is -0.113. The van der Waals surface area contributed by atoms with Crippen molar-refractivity contribution in [1.82, 2.24) is 9.55 Å². The van der Waals surface area contributed by atoms with Crippen molar-refractivity contribution in [2.75, 3.05) is 11.1 Å². The number of rotatable bonds is 5. The number of anilines is 1. The Morgan fingerprint density at radius 1 is 1.03 bits per heavy atom. The number of aryl methyl sites for hydroxylation is 6. The minimum Gasteiger partial charge on any atom is -0.325 e. The third-order valence-electron chi connectivity index (χ3n) is 6.54. The number of benzene rings is 2. The van der Waals surface area contributed by atoms with E-state index in [2.05, 4.69) is 17.4 Å². The van der Waals surface area contributed by atoms with Crippen LogP contribution in [0.1, 0.15) is 45.5 Å². The third-order valence-corrected chi connectivity index (χ3v) is 8.66. The molecule has 2 aromatic carbocycles. The van der Waals surface area contributed by atoms with Crippen LogP contribution in [0.4, 0.5) is 5.69 Å². The minimum atomic E-state index is -0.117. The molecule has 0 spiro atoms. The largest absolute Gasteiger partial charge is 0.325 e. The molecule has 2 aromatic heterocycles. The van der Waals surface area contributed by atoms with E-state index in [1.807, 2.05) is 52.0 Å². The summed E-state index contributed by atoms with van der Waals surface area (Å²) in [5.74, 6) is 0.0512. The normalized spacial score (nSPS) is 13.1. The van der Waals surface area contributed by atoms with Gasteiger partial charge in [-0.2, -0.15) is 0 Å². The number of aromatic nitrogens is 2. The van der Waals surface area contributed by atoms with Crippen molar-refractivity contribution < 1.29 is 4.79 Å². The molecular weight excluding hydrogens is 474 g/mol. The summed E-state index contributed by atoms with van der Waals surface area (Å²) in [5.41, 5.74) is 7.12. The van der Waals surface area contributed by atoms with E-state index in [1.54, 1.807) is 15.9 Å². The molecule has 0 atom stereocenters. The molecular formula is C28H29N3O2S2. The molecule has 7 heteroatoms. The standard InChI is InChI=1S/C28H29N3O2S2/c1-16-9-11-21(18(3)13-16)29-24(32)15-34-28-30-26-25(20-7-5-6-8-23(20)35-26)27(33)31(28)22-12-10-17(2)14-19(22)4/h9-14H,5-8,15H2,1-4H3,(H,29,32). The van der Waals surface area contributed by atoms with Crippen LogP contribution >= 0.6 is 23.1 Å². The zero-order valence-electron chi connectivity index (χ0n) is 20.5. The molecule has 0 saturated heterocycles. The maximum Gasteiger partial charge on any atom is 0.267 e. The number of nitrogens with zero attached hydrogens (tertiary/aromatic N) is 2. The number of carbonyl (C=O) groups is 1. The second-order valence-electron chi connectivity index (χ2n) is 9.37. The number of thioether (sulfide) groups is 1. The van der Waals surface area contributed by atoms with Crippen molar-refractivity contribution in [1.29, 1.82) is 0 Å². The molecule has 4 aromatic rings. The smallest absolute Gasteiger partial charge is 0.267 e. The van der Waals surface area contributed by atoms with Crippen LogP contribution < -0.4 is 10.9 Å². The summed E-state index contributed by atoms with van der Waals surface area (Å²) in [6.07, 6.45) is 4.21. The predicted molar refractivity (Wildman–Crippen MR) is 147 cm³/mol. The van der Waals surface area contributed by atoms with Crippen LogP contribution in [-0.2, 0) is 17.6 Å². The van der Waals surface area contributed by atoms with Gasteiger partial charge in [-0.1, -0.05) is 47.2 Å². The van der Waals surface area contributed by atoms with Gasteiger partial charge in [-0.3, -0.25) is 14.2 Å². The van der Waals surface area contributed by atoms with Crippen molar-refractivity contribution in [2.24, 2.45) is 0 Å². The molecule has 1 aliphatic rings. The average Bonchev–Trinajstić information content (AvgIpc) is 3.19. The van der Waals surface area contributed by atoms with Crippen molar-refractivity contribution >= 4 is 44.9 Å². The van der Waals surface area contributed by atoms with Crippen LogP contribution in [0.15, 0.2) is 46.3 Å². The van der Waals surface area contributed by atoms with Crippen LogP contribution in [-0.4, -0.2) is 21.2 Å². The zero-order valence-corrected chi connectivity index (χ0v) is 22.2. The van der Waals surface area contributed by atoms with Crippen molar-refractivity contribution in [2.45, 2.75) is 58.5 Å². The summed E-state index contributed by atoms with van der Waals surface area (Å²) < 4.78 is 1.72. The Labute approximate surface area is 213 Å². The number of carbonyl (C=O) groups excluding carboxylic acids is 1. The molecule has 5 nitrogen and oxygen atoms in total. The summed E-state index contributed by atoms with van der Waals surface area (Å²) >= 11 is 2.95. The molecule has 180 valence electrons. The zero-order chi connectivity index (χ0) is 24.7. The van der Waals surface area contributed by atoms with Crippen LogP contribution in [0.3, 0.4) is 0 Å². The molecule has 0 radical (unpaired) electrons. The Morgan fingerprint density at radius 3 is 2.49 bits per heavy atom.